The molecule has 2 aliphatic rings. The fourth-order valence-corrected chi connectivity index (χ4v) is 8.19. The largest absolute Gasteiger partial charge is 0.333 e. The van der Waals surface area contributed by atoms with E-state index in [1.54, 1.807) is 0 Å². The van der Waals surface area contributed by atoms with E-state index >= 15 is 0 Å². The second kappa shape index (κ2) is 11.6. The highest BCUT2D eigenvalue weighted by molar-refractivity contribution is 6.10. The molecule has 0 radical (unpaired) electrons. The zero-order valence-electron chi connectivity index (χ0n) is 27.5. The molecule has 1 aliphatic heterocycles. The van der Waals surface area contributed by atoms with Gasteiger partial charge in [-0.3, -0.25) is 0 Å². The first-order chi connectivity index (χ1) is 24.8. The SMILES string of the molecule is C1=CC2c3ccccc3N(c3cc(-c4ccccc4)cc(-c4ccccc4)c3)C2C=C1c1ccc2c3ccccc3n(-c3ccccc3)c2c1. The Morgan fingerprint density at radius 1 is 0.420 bits per heavy atom. The van der Waals surface area contributed by atoms with E-state index in [0.717, 1.165) is 0 Å². The molecule has 0 amide bonds. The van der Waals surface area contributed by atoms with Gasteiger partial charge in [-0.2, -0.15) is 0 Å². The second-order valence-electron chi connectivity index (χ2n) is 13.3. The molecule has 10 rings (SSSR count). The van der Waals surface area contributed by atoms with E-state index in [9.17, 15) is 0 Å². The highest BCUT2D eigenvalue weighted by Crippen LogP contribution is 2.50. The number of rotatable bonds is 5. The van der Waals surface area contributed by atoms with Gasteiger partial charge in [-0.25, -0.2) is 0 Å². The monoisotopic (exact) mass is 638 g/mol. The summed E-state index contributed by atoms with van der Waals surface area (Å²) in [6, 6.07) is 64.1. The standard InChI is InChI=1S/C48H34N2/c1-4-14-33(15-5-1)37-28-38(34-16-6-2-7-17-34)30-40(29-37)50-46-23-13-11-21-42(46)44-27-25-36(32-48(44)50)35-24-26-43-41-20-10-12-22-45(41)49(47(43)31-35)39-18-8-3-9-19-39/h1-32,44,48H. The van der Waals surface area contributed by atoms with Crippen molar-refractivity contribution < 1.29 is 0 Å². The molecule has 2 heteroatoms. The van der Waals surface area contributed by atoms with Crippen LogP contribution in [-0.2, 0) is 0 Å². The van der Waals surface area contributed by atoms with Crippen molar-refractivity contribution in [3.8, 4) is 27.9 Å². The molecule has 8 aromatic rings. The topological polar surface area (TPSA) is 8.17 Å². The molecular formula is C48H34N2. The van der Waals surface area contributed by atoms with E-state index in [0.29, 0.717) is 0 Å². The Balaban J connectivity index is 1.14. The predicted octanol–water partition coefficient (Wildman–Crippen LogP) is 12.4. The van der Waals surface area contributed by atoms with Crippen LogP contribution in [0.25, 0.3) is 55.3 Å². The molecule has 2 unspecified atom stereocenters. The van der Waals surface area contributed by atoms with Crippen LogP contribution in [0.4, 0.5) is 11.4 Å². The van der Waals surface area contributed by atoms with Crippen LogP contribution < -0.4 is 4.90 Å². The van der Waals surface area contributed by atoms with Gasteiger partial charge in [0.1, 0.15) is 0 Å². The summed E-state index contributed by atoms with van der Waals surface area (Å²) < 4.78 is 2.40. The maximum atomic E-state index is 2.57. The first-order valence-electron chi connectivity index (χ1n) is 17.4. The Bertz CT molecular complexity index is 2540. The van der Waals surface area contributed by atoms with Crippen LogP contribution in [0.3, 0.4) is 0 Å². The molecule has 7 aromatic carbocycles. The lowest BCUT2D eigenvalue weighted by Gasteiger charge is -2.31. The zero-order valence-corrected chi connectivity index (χ0v) is 27.5. The number of nitrogens with zero attached hydrogens (tertiary/aromatic N) is 2. The number of allylic oxidation sites excluding steroid dienone is 2. The third-order valence-corrected chi connectivity index (χ3v) is 10.5. The summed E-state index contributed by atoms with van der Waals surface area (Å²) in [4.78, 5) is 2.57. The smallest absolute Gasteiger partial charge is 0.0635 e. The summed E-state index contributed by atoms with van der Waals surface area (Å²) >= 11 is 0. The molecule has 2 nitrogen and oxygen atoms in total. The van der Waals surface area contributed by atoms with E-state index in [2.05, 4.69) is 204 Å². The summed E-state index contributed by atoms with van der Waals surface area (Å²) in [7, 11) is 0. The predicted molar refractivity (Wildman–Crippen MR) is 210 cm³/mol. The van der Waals surface area contributed by atoms with Crippen molar-refractivity contribution in [1.29, 1.82) is 0 Å². The lowest BCUT2D eigenvalue weighted by Crippen LogP contribution is -2.29. The summed E-state index contributed by atoms with van der Waals surface area (Å²) in [6.45, 7) is 0. The fourth-order valence-electron chi connectivity index (χ4n) is 8.19. The summed E-state index contributed by atoms with van der Waals surface area (Å²) in [5.41, 5.74) is 14.8. The van der Waals surface area contributed by atoms with Gasteiger partial charge in [0.25, 0.3) is 0 Å². The highest BCUT2D eigenvalue weighted by Gasteiger charge is 2.38. The Labute approximate surface area is 292 Å². The van der Waals surface area contributed by atoms with Crippen molar-refractivity contribution in [2.24, 2.45) is 0 Å². The number of aromatic nitrogens is 1. The quantitative estimate of drug-likeness (QED) is 0.182. The van der Waals surface area contributed by atoms with Crippen molar-refractivity contribution in [1.82, 2.24) is 4.57 Å². The van der Waals surface area contributed by atoms with Gasteiger partial charge in [-0.1, -0.05) is 146 Å². The maximum Gasteiger partial charge on any atom is 0.0635 e. The Hall–Kier alpha value is -6.38. The average molecular weight is 639 g/mol. The molecule has 50 heavy (non-hydrogen) atoms. The number of hydrogen-bond donors (Lipinski definition) is 0. The van der Waals surface area contributed by atoms with Crippen molar-refractivity contribution in [3.63, 3.8) is 0 Å². The number of fused-ring (bicyclic) bond motifs is 6. The molecule has 0 spiro atoms. The summed E-state index contributed by atoms with van der Waals surface area (Å²) in [5, 5.41) is 2.55. The third kappa shape index (κ3) is 4.64. The Morgan fingerprint density at radius 2 is 1.04 bits per heavy atom. The minimum atomic E-state index is 0.137. The first kappa shape index (κ1) is 28.6. The molecule has 0 fully saturated rings. The van der Waals surface area contributed by atoms with Crippen molar-refractivity contribution >= 4 is 38.8 Å². The molecule has 0 saturated heterocycles. The van der Waals surface area contributed by atoms with Crippen molar-refractivity contribution in [2.45, 2.75) is 12.0 Å². The van der Waals surface area contributed by atoms with Crippen molar-refractivity contribution in [2.75, 3.05) is 4.90 Å². The lowest BCUT2D eigenvalue weighted by molar-refractivity contribution is 0.747. The van der Waals surface area contributed by atoms with Crippen LogP contribution in [0.2, 0.25) is 0 Å². The molecular weight excluding hydrogens is 605 g/mol. The number of anilines is 2. The Morgan fingerprint density at radius 3 is 1.78 bits per heavy atom. The molecule has 1 aromatic heterocycles. The normalized spacial score (nSPS) is 16.4. The number of para-hydroxylation sites is 3. The molecule has 0 N–H and O–H groups in total. The first-order valence-corrected chi connectivity index (χ1v) is 17.4. The van der Waals surface area contributed by atoms with Gasteiger partial charge < -0.3 is 9.47 Å². The van der Waals surface area contributed by atoms with Crippen LogP contribution in [-0.4, -0.2) is 10.6 Å². The zero-order chi connectivity index (χ0) is 33.0. The van der Waals surface area contributed by atoms with Crippen molar-refractivity contribution in [3.05, 3.63) is 205 Å². The van der Waals surface area contributed by atoms with Crippen LogP contribution >= 0.6 is 0 Å². The van der Waals surface area contributed by atoms with Gasteiger partial charge in [0.15, 0.2) is 0 Å². The molecule has 0 saturated carbocycles. The van der Waals surface area contributed by atoms with E-state index in [-0.39, 0.29) is 12.0 Å². The van der Waals surface area contributed by atoms with E-state index in [1.165, 1.54) is 77.8 Å². The third-order valence-electron chi connectivity index (χ3n) is 10.5. The highest BCUT2D eigenvalue weighted by atomic mass is 15.2. The lowest BCUT2D eigenvalue weighted by atomic mass is 9.86. The van der Waals surface area contributed by atoms with Gasteiger partial charge in [0.05, 0.1) is 17.1 Å². The van der Waals surface area contributed by atoms with Crippen LogP contribution in [0, 0.1) is 0 Å². The average Bonchev–Trinajstić information content (AvgIpc) is 3.71. The molecule has 1 aliphatic carbocycles. The summed E-state index contributed by atoms with van der Waals surface area (Å²) in [6.07, 6.45) is 7.27. The van der Waals surface area contributed by atoms with Crippen LogP contribution in [0.1, 0.15) is 17.0 Å². The number of hydrogen-bond acceptors (Lipinski definition) is 1. The van der Waals surface area contributed by atoms with E-state index in [4.69, 9.17) is 0 Å². The molecule has 236 valence electrons. The van der Waals surface area contributed by atoms with E-state index in [1.807, 2.05) is 0 Å². The number of benzene rings is 7. The molecule has 2 heterocycles. The van der Waals surface area contributed by atoms with Crippen LogP contribution in [0.15, 0.2) is 194 Å². The second-order valence-corrected chi connectivity index (χ2v) is 13.3. The molecule has 2 atom stereocenters. The fraction of sp³-hybridized carbons (Fsp3) is 0.0417. The maximum absolute atomic E-state index is 2.57. The Kier molecular flexibility index (Phi) is 6.67. The van der Waals surface area contributed by atoms with Crippen LogP contribution in [0.5, 0.6) is 0 Å². The van der Waals surface area contributed by atoms with Gasteiger partial charge in [-0.05, 0) is 87.5 Å². The molecule has 0 bridgehead atoms. The minimum Gasteiger partial charge on any atom is -0.333 e. The minimum absolute atomic E-state index is 0.137. The van der Waals surface area contributed by atoms with Gasteiger partial charge in [0.2, 0.25) is 0 Å². The van der Waals surface area contributed by atoms with Gasteiger partial charge in [0, 0.05) is 33.8 Å². The van der Waals surface area contributed by atoms with Gasteiger partial charge in [-0.15, -0.1) is 0 Å². The van der Waals surface area contributed by atoms with Gasteiger partial charge >= 0.3 is 0 Å². The summed E-state index contributed by atoms with van der Waals surface area (Å²) in [5.74, 6) is 0.259. The van der Waals surface area contributed by atoms with E-state index < -0.39 is 0 Å².